The third kappa shape index (κ3) is 7.46. The van der Waals surface area contributed by atoms with E-state index in [1.165, 1.54) is 17.5 Å². The van der Waals surface area contributed by atoms with Gasteiger partial charge in [-0.15, -0.1) is 0 Å². The van der Waals surface area contributed by atoms with Crippen LogP contribution in [0.2, 0.25) is 0 Å². The SMILES string of the molecule is CC.CC(C)(C)CC(c1ccccc1)C(C)(C)C(C)(C)CC(c1ccncc1)C(C)(C)C. The van der Waals surface area contributed by atoms with E-state index < -0.39 is 0 Å². The fourth-order valence-electron chi connectivity index (χ4n) is 4.85. The van der Waals surface area contributed by atoms with E-state index in [1.54, 1.807) is 0 Å². The quantitative estimate of drug-likeness (QED) is 0.420. The summed E-state index contributed by atoms with van der Waals surface area (Å²) < 4.78 is 0. The Morgan fingerprint density at radius 2 is 1.09 bits per heavy atom. The minimum absolute atomic E-state index is 0.137. The van der Waals surface area contributed by atoms with Crippen LogP contribution in [-0.4, -0.2) is 4.98 Å². The highest BCUT2D eigenvalue weighted by Crippen LogP contribution is 2.57. The normalized spacial score (nSPS) is 14.9. The minimum atomic E-state index is 0.137. The third-order valence-electron chi connectivity index (χ3n) is 7.50. The zero-order valence-electron chi connectivity index (χ0n) is 23.2. The van der Waals surface area contributed by atoms with E-state index in [9.17, 15) is 0 Å². The van der Waals surface area contributed by atoms with Gasteiger partial charge in [0.1, 0.15) is 0 Å². The molecule has 0 bridgehead atoms. The summed E-state index contributed by atoms with van der Waals surface area (Å²) in [6.45, 7) is 28.3. The third-order valence-corrected chi connectivity index (χ3v) is 7.50. The molecule has 180 valence electrons. The molecule has 2 aromatic rings. The van der Waals surface area contributed by atoms with Crippen molar-refractivity contribution >= 4 is 0 Å². The molecule has 0 N–H and O–H groups in total. The van der Waals surface area contributed by atoms with Crippen molar-refractivity contribution < 1.29 is 0 Å². The highest BCUT2D eigenvalue weighted by molar-refractivity contribution is 5.25. The van der Waals surface area contributed by atoms with Gasteiger partial charge >= 0.3 is 0 Å². The summed E-state index contributed by atoms with van der Waals surface area (Å²) in [7, 11) is 0. The van der Waals surface area contributed by atoms with Gasteiger partial charge in [-0.1, -0.05) is 113 Å². The molecule has 0 saturated heterocycles. The van der Waals surface area contributed by atoms with Gasteiger partial charge in [0.15, 0.2) is 0 Å². The molecule has 1 nitrogen and oxygen atoms in total. The van der Waals surface area contributed by atoms with Crippen LogP contribution in [0.25, 0.3) is 0 Å². The van der Waals surface area contributed by atoms with Crippen molar-refractivity contribution in [3.05, 3.63) is 66.0 Å². The van der Waals surface area contributed by atoms with E-state index in [4.69, 9.17) is 0 Å². The topological polar surface area (TPSA) is 12.9 Å². The van der Waals surface area contributed by atoms with Gasteiger partial charge in [-0.25, -0.2) is 0 Å². The van der Waals surface area contributed by atoms with Crippen molar-refractivity contribution in [2.24, 2.45) is 21.7 Å². The average molecular weight is 438 g/mol. The Labute approximate surface area is 200 Å². The molecule has 1 aromatic heterocycles. The Hall–Kier alpha value is -1.63. The zero-order chi connectivity index (χ0) is 24.8. The zero-order valence-corrected chi connectivity index (χ0v) is 23.2. The summed E-state index contributed by atoms with van der Waals surface area (Å²) in [5.41, 5.74) is 3.65. The first-order valence-corrected chi connectivity index (χ1v) is 12.6. The van der Waals surface area contributed by atoms with E-state index in [0.29, 0.717) is 11.8 Å². The molecular formula is C31H51N. The number of pyridine rings is 1. The molecule has 0 fully saturated rings. The van der Waals surface area contributed by atoms with Gasteiger partial charge in [-0.3, -0.25) is 4.98 Å². The lowest BCUT2D eigenvalue weighted by Crippen LogP contribution is -2.41. The van der Waals surface area contributed by atoms with Crippen molar-refractivity contribution in [1.29, 1.82) is 0 Å². The van der Waals surface area contributed by atoms with Crippen molar-refractivity contribution in [2.75, 3.05) is 0 Å². The van der Waals surface area contributed by atoms with Crippen LogP contribution in [0.1, 0.15) is 119 Å². The van der Waals surface area contributed by atoms with Gasteiger partial charge in [-0.2, -0.15) is 0 Å². The van der Waals surface area contributed by atoms with E-state index >= 15 is 0 Å². The highest BCUT2D eigenvalue weighted by atomic mass is 14.6. The lowest BCUT2D eigenvalue weighted by molar-refractivity contribution is 0.0305. The second-order valence-electron chi connectivity index (χ2n) is 12.7. The largest absolute Gasteiger partial charge is 0.265 e. The van der Waals surface area contributed by atoms with E-state index in [2.05, 4.69) is 117 Å². The standard InChI is InChI=1S/C29H45N.C2H6/c1-26(2,3)20-25(22-14-12-11-13-15-22)29(9,10)28(7,8)21-24(27(4,5)6)23-16-18-30-19-17-23;1-2/h11-19,24-25H,20-21H2,1-10H3;1-2H3. The highest BCUT2D eigenvalue weighted by Gasteiger charge is 2.47. The Morgan fingerprint density at radius 3 is 1.53 bits per heavy atom. The Morgan fingerprint density at radius 1 is 0.625 bits per heavy atom. The van der Waals surface area contributed by atoms with E-state index in [1.807, 2.05) is 26.2 Å². The van der Waals surface area contributed by atoms with Crippen LogP contribution in [0.5, 0.6) is 0 Å². The van der Waals surface area contributed by atoms with Crippen molar-refractivity contribution in [3.8, 4) is 0 Å². The van der Waals surface area contributed by atoms with Crippen LogP contribution >= 0.6 is 0 Å². The summed E-state index contributed by atoms with van der Waals surface area (Å²) >= 11 is 0. The first-order valence-electron chi connectivity index (χ1n) is 12.6. The lowest BCUT2D eigenvalue weighted by atomic mass is 9.53. The van der Waals surface area contributed by atoms with Crippen LogP contribution < -0.4 is 0 Å². The predicted octanol–water partition coefficient (Wildman–Crippen LogP) is 9.90. The molecule has 2 atom stereocenters. The molecule has 1 heteroatoms. The van der Waals surface area contributed by atoms with Gasteiger partial charge in [-0.05, 0) is 69.6 Å². The number of nitrogens with zero attached hydrogens (tertiary/aromatic N) is 1. The van der Waals surface area contributed by atoms with Gasteiger partial charge in [0.2, 0.25) is 0 Å². The minimum Gasteiger partial charge on any atom is -0.265 e. The maximum Gasteiger partial charge on any atom is 0.0270 e. The number of hydrogen-bond donors (Lipinski definition) is 0. The first-order chi connectivity index (χ1) is 14.7. The lowest BCUT2D eigenvalue weighted by Gasteiger charge is -2.51. The monoisotopic (exact) mass is 437 g/mol. The summed E-state index contributed by atoms with van der Waals surface area (Å²) in [6, 6.07) is 15.6. The maximum absolute atomic E-state index is 4.26. The van der Waals surface area contributed by atoms with Crippen molar-refractivity contribution in [1.82, 2.24) is 4.98 Å². The molecule has 2 unspecified atom stereocenters. The second-order valence-corrected chi connectivity index (χ2v) is 12.7. The average Bonchev–Trinajstić information content (AvgIpc) is 2.71. The number of hydrogen-bond acceptors (Lipinski definition) is 1. The summed E-state index contributed by atoms with van der Waals surface area (Å²) in [5.74, 6) is 0.993. The second kappa shape index (κ2) is 11.0. The molecule has 0 spiro atoms. The van der Waals surface area contributed by atoms with Crippen LogP contribution in [0.4, 0.5) is 0 Å². The molecular weight excluding hydrogens is 386 g/mol. The van der Waals surface area contributed by atoms with Gasteiger partial charge in [0.05, 0.1) is 0 Å². The summed E-state index contributed by atoms with van der Waals surface area (Å²) in [5, 5.41) is 0. The van der Waals surface area contributed by atoms with Crippen LogP contribution in [-0.2, 0) is 0 Å². The fraction of sp³-hybridized carbons (Fsp3) is 0.645. The van der Waals surface area contributed by atoms with Crippen molar-refractivity contribution in [2.45, 2.75) is 108 Å². The van der Waals surface area contributed by atoms with E-state index in [-0.39, 0.29) is 21.7 Å². The summed E-state index contributed by atoms with van der Waals surface area (Å²) in [6.07, 6.45) is 6.22. The molecule has 0 saturated carbocycles. The summed E-state index contributed by atoms with van der Waals surface area (Å²) in [4.78, 5) is 4.26. The smallest absolute Gasteiger partial charge is 0.0270 e. The Kier molecular flexibility index (Phi) is 9.76. The van der Waals surface area contributed by atoms with Crippen LogP contribution in [0.3, 0.4) is 0 Å². The van der Waals surface area contributed by atoms with Crippen LogP contribution in [0, 0.1) is 21.7 Å². The van der Waals surface area contributed by atoms with Crippen molar-refractivity contribution in [3.63, 3.8) is 0 Å². The van der Waals surface area contributed by atoms with Gasteiger partial charge < -0.3 is 0 Å². The molecule has 1 aromatic carbocycles. The van der Waals surface area contributed by atoms with Crippen LogP contribution in [0.15, 0.2) is 54.9 Å². The van der Waals surface area contributed by atoms with E-state index in [0.717, 1.165) is 6.42 Å². The maximum atomic E-state index is 4.26. The molecule has 0 aliphatic rings. The number of aromatic nitrogens is 1. The van der Waals surface area contributed by atoms with Gasteiger partial charge in [0, 0.05) is 12.4 Å². The molecule has 0 aliphatic carbocycles. The first kappa shape index (κ1) is 28.4. The number of benzene rings is 1. The molecule has 0 amide bonds. The number of rotatable bonds is 7. The Balaban J connectivity index is 0.00000249. The Bertz CT molecular complexity index is 773. The molecule has 0 aliphatic heterocycles. The molecule has 0 radical (unpaired) electrons. The molecule has 2 rings (SSSR count). The van der Waals surface area contributed by atoms with Gasteiger partial charge in [0.25, 0.3) is 0 Å². The predicted molar refractivity (Wildman–Crippen MR) is 143 cm³/mol. The molecule has 32 heavy (non-hydrogen) atoms. The molecule has 1 heterocycles. The fourth-order valence-corrected chi connectivity index (χ4v) is 4.85.